The van der Waals surface area contributed by atoms with Crippen molar-refractivity contribution in [3.8, 4) is 0 Å². The number of aromatic amines is 1. The predicted octanol–water partition coefficient (Wildman–Crippen LogP) is 6.28. The van der Waals surface area contributed by atoms with E-state index in [4.69, 9.17) is 16.0 Å². The van der Waals surface area contributed by atoms with Gasteiger partial charge in [-0.2, -0.15) is 0 Å². The van der Waals surface area contributed by atoms with Crippen LogP contribution in [-0.4, -0.2) is 17.4 Å². The Morgan fingerprint density at radius 1 is 0.939 bits per heavy atom. The number of rotatable bonds is 4. The molecular weight excluding hydrogens is 436 g/mol. The molecule has 0 radical (unpaired) electrons. The zero-order chi connectivity index (χ0) is 23.3. The van der Waals surface area contributed by atoms with E-state index in [1.54, 1.807) is 30.3 Å². The van der Waals surface area contributed by atoms with Crippen LogP contribution in [0.3, 0.4) is 0 Å². The molecule has 0 saturated carbocycles. The van der Waals surface area contributed by atoms with Gasteiger partial charge in [0, 0.05) is 35.0 Å². The Balaban J connectivity index is 1.93. The first-order valence-electron chi connectivity index (χ1n) is 11.1. The molecule has 0 aliphatic heterocycles. The molecule has 0 atom stereocenters. The molecule has 5 rings (SSSR count). The molecule has 0 aliphatic carbocycles. The van der Waals surface area contributed by atoms with Gasteiger partial charge in [-0.05, 0) is 29.5 Å². The third-order valence-corrected chi connectivity index (χ3v) is 6.38. The maximum Gasteiger partial charge on any atom is 0.196 e. The molecule has 6 heteroatoms. The van der Waals surface area contributed by atoms with Crippen LogP contribution in [0.1, 0.15) is 32.8 Å². The van der Waals surface area contributed by atoms with Crippen LogP contribution < -0.4 is 16.2 Å². The van der Waals surface area contributed by atoms with Gasteiger partial charge in [-0.25, -0.2) is 0 Å². The Hall–Kier alpha value is -3.31. The van der Waals surface area contributed by atoms with Crippen LogP contribution in [0.2, 0.25) is 0 Å². The molecule has 2 N–H and O–H groups in total. The third kappa shape index (κ3) is 3.57. The highest BCUT2D eigenvalue weighted by Gasteiger charge is 2.20. The number of benzene rings is 4. The fraction of sp³-hybridized carbons (Fsp3) is 0.259. The van der Waals surface area contributed by atoms with E-state index in [1.165, 1.54) is 0 Å². The standard InChI is InChI=1S/C27H25ClN2O3/c1-27(2,3)15-9-10-18-20(13-15)33-21-14-19(29-12-6-11-28)22-23(24(21)30-18)26(32)17-8-5-4-7-16(17)25(22)31/h4-5,7-10,13-14,29-30H,6,11-12H2,1-3H3. The third-order valence-electron chi connectivity index (χ3n) is 6.11. The number of H-pyrrole nitrogens is 1. The summed E-state index contributed by atoms with van der Waals surface area (Å²) in [5.41, 5.74) is 3.82. The second-order valence-corrected chi connectivity index (χ2v) is 9.79. The van der Waals surface area contributed by atoms with Gasteiger partial charge in [-0.15, -0.1) is 11.6 Å². The second-order valence-electron chi connectivity index (χ2n) is 9.41. The molecule has 33 heavy (non-hydrogen) atoms. The summed E-state index contributed by atoms with van der Waals surface area (Å²) in [6, 6.07) is 14.8. The van der Waals surface area contributed by atoms with Crippen molar-refractivity contribution < 1.29 is 4.42 Å². The van der Waals surface area contributed by atoms with E-state index < -0.39 is 0 Å². The predicted molar refractivity (Wildman–Crippen MR) is 138 cm³/mol. The van der Waals surface area contributed by atoms with E-state index >= 15 is 0 Å². The SMILES string of the molecule is CC(C)(C)c1ccc2[nH]c3c(cc(NCCCCl)c4c(=O)c5ccccc5c(=O)c43)oc2c1. The van der Waals surface area contributed by atoms with E-state index in [0.29, 0.717) is 56.3 Å². The lowest BCUT2D eigenvalue weighted by molar-refractivity contribution is 0.586. The van der Waals surface area contributed by atoms with Crippen LogP contribution >= 0.6 is 11.6 Å². The molecule has 4 aromatic carbocycles. The van der Waals surface area contributed by atoms with Crippen LogP contribution in [0.4, 0.5) is 5.69 Å². The van der Waals surface area contributed by atoms with Crippen LogP contribution in [-0.2, 0) is 5.41 Å². The molecule has 0 bridgehead atoms. The summed E-state index contributed by atoms with van der Waals surface area (Å²) in [7, 11) is 0. The van der Waals surface area contributed by atoms with Crippen LogP contribution in [0, 0.1) is 0 Å². The molecule has 0 fully saturated rings. The summed E-state index contributed by atoms with van der Waals surface area (Å²) in [6.45, 7) is 7.03. The van der Waals surface area contributed by atoms with Crippen LogP contribution in [0.25, 0.3) is 43.7 Å². The lowest BCUT2D eigenvalue weighted by atomic mass is 9.87. The largest absolute Gasteiger partial charge is 0.453 e. The Labute approximate surface area is 195 Å². The van der Waals surface area contributed by atoms with Gasteiger partial charge < -0.3 is 14.7 Å². The molecule has 0 unspecified atom stereocenters. The van der Waals surface area contributed by atoms with Crippen molar-refractivity contribution in [2.24, 2.45) is 0 Å². The highest BCUT2D eigenvalue weighted by molar-refractivity contribution is 6.18. The number of anilines is 1. The summed E-state index contributed by atoms with van der Waals surface area (Å²) in [5, 5.41) is 4.84. The van der Waals surface area contributed by atoms with E-state index in [0.717, 1.165) is 17.5 Å². The first kappa shape index (κ1) is 21.5. The van der Waals surface area contributed by atoms with Gasteiger partial charge in [-0.3, -0.25) is 9.59 Å². The Bertz CT molecular complexity index is 1660. The van der Waals surface area contributed by atoms with Crippen molar-refractivity contribution in [1.29, 1.82) is 0 Å². The number of hydrogen-bond donors (Lipinski definition) is 2. The van der Waals surface area contributed by atoms with Gasteiger partial charge in [0.25, 0.3) is 0 Å². The van der Waals surface area contributed by atoms with Crippen LogP contribution in [0.15, 0.2) is 62.5 Å². The first-order chi connectivity index (χ1) is 15.8. The van der Waals surface area contributed by atoms with Crippen molar-refractivity contribution in [2.45, 2.75) is 32.6 Å². The molecular formula is C27H25ClN2O3. The summed E-state index contributed by atoms with van der Waals surface area (Å²) >= 11 is 5.86. The quantitative estimate of drug-likeness (QED) is 0.143. The van der Waals surface area contributed by atoms with Gasteiger partial charge >= 0.3 is 0 Å². The second kappa shape index (κ2) is 7.92. The summed E-state index contributed by atoms with van der Waals surface area (Å²) < 4.78 is 6.31. The zero-order valence-electron chi connectivity index (χ0n) is 18.8. The molecule has 1 aromatic heterocycles. The zero-order valence-corrected chi connectivity index (χ0v) is 19.6. The van der Waals surface area contributed by atoms with Crippen molar-refractivity contribution in [3.63, 3.8) is 0 Å². The van der Waals surface area contributed by atoms with Crippen LogP contribution in [0.5, 0.6) is 0 Å². The number of halogens is 1. The summed E-state index contributed by atoms with van der Waals surface area (Å²) in [5.74, 6) is 0.497. The Morgan fingerprint density at radius 2 is 1.64 bits per heavy atom. The molecule has 5 nitrogen and oxygen atoms in total. The van der Waals surface area contributed by atoms with E-state index in [2.05, 4.69) is 37.1 Å². The van der Waals surface area contributed by atoms with E-state index in [1.807, 2.05) is 12.1 Å². The average molecular weight is 461 g/mol. The van der Waals surface area contributed by atoms with Gasteiger partial charge in [0.15, 0.2) is 22.0 Å². The van der Waals surface area contributed by atoms with E-state index in [9.17, 15) is 9.59 Å². The number of hydrogen-bond acceptors (Lipinski definition) is 4. The summed E-state index contributed by atoms with van der Waals surface area (Å²) in [4.78, 5) is 30.5. The highest BCUT2D eigenvalue weighted by atomic mass is 35.5. The molecule has 0 saturated heterocycles. The lowest BCUT2D eigenvalue weighted by Crippen LogP contribution is -2.16. The number of nitrogens with one attached hydrogen (secondary N) is 2. The monoisotopic (exact) mass is 460 g/mol. The highest BCUT2D eigenvalue weighted by Crippen LogP contribution is 2.32. The van der Waals surface area contributed by atoms with Crippen molar-refractivity contribution in [3.05, 3.63) is 74.5 Å². The van der Waals surface area contributed by atoms with E-state index in [-0.39, 0.29) is 16.3 Å². The minimum Gasteiger partial charge on any atom is -0.453 e. The van der Waals surface area contributed by atoms with Gasteiger partial charge in [0.1, 0.15) is 0 Å². The fourth-order valence-corrected chi connectivity index (χ4v) is 4.47. The van der Waals surface area contributed by atoms with Crippen molar-refractivity contribution in [2.75, 3.05) is 17.7 Å². The Kier molecular flexibility index (Phi) is 5.17. The molecule has 168 valence electrons. The first-order valence-corrected chi connectivity index (χ1v) is 11.6. The molecule has 0 aliphatic rings. The molecule has 5 aromatic rings. The van der Waals surface area contributed by atoms with Crippen molar-refractivity contribution >= 4 is 61.0 Å². The average Bonchev–Trinajstić information content (AvgIpc) is 2.80. The maximum atomic E-state index is 13.6. The maximum absolute atomic E-state index is 13.6. The normalized spacial score (nSPS) is 12.2. The topological polar surface area (TPSA) is 75.1 Å². The Morgan fingerprint density at radius 3 is 2.30 bits per heavy atom. The summed E-state index contributed by atoms with van der Waals surface area (Å²) in [6.07, 6.45) is 0.725. The molecule has 0 amide bonds. The number of alkyl halides is 1. The number of fused-ring (bicyclic) bond motifs is 5. The lowest BCUT2D eigenvalue weighted by Gasteiger charge is -2.19. The smallest absolute Gasteiger partial charge is 0.196 e. The fourth-order valence-electron chi connectivity index (χ4n) is 4.33. The van der Waals surface area contributed by atoms with Gasteiger partial charge in [0.05, 0.1) is 21.8 Å². The minimum absolute atomic E-state index is 0.0328. The van der Waals surface area contributed by atoms with Crippen molar-refractivity contribution in [1.82, 2.24) is 4.98 Å². The van der Waals surface area contributed by atoms with Gasteiger partial charge in [-0.1, -0.05) is 51.1 Å². The number of aromatic nitrogens is 1. The minimum atomic E-state index is -0.191. The molecule has 1 heterocycles. The van der Waals surface area contributed by atoms with Gasteiger partial charge in [0.2, 0.25) is 0 Å². The molecule has 0 spiro atoms.